The van der Waals surface area contributed by atoms with Crippen LogP contribution in [0.15, 0.2) is 6.20 Å². The molecule has 1 heterocycles. The molecule has 88 valence electrons. The number of thiazole rings is 1. The molecule has 0 radical (unpaired) electrons. The Hall–Kier alpha value is -0.940. The third-order valence-corrected chi connectivity index (χ3v) is 4.00. The summed E-state index contributed by atoms with van der Waals surface area (Å²) in [5.41, 5.74) is 5.37. The van der Waals surface area contributed by atoms with Gasteiger partial charge in [-0.3, -0.25) is 4.79 Å². The van der Waals surface area contributed by atoms with Crippen molar-refractivity contribution in [3.8, 4) is 0 Å². The van der Waals surface area contributed by atoms with Gasteiger partial charge in [0.2, 0.25) is 5.91 Å². The van der Waals surface area contributed by atoms with E-state index in [0.717, 1.165) is 30.8 Å². The van der Waals surface area contributed by atoms with E-state index < -0.39 is 0 Å². The van der Waals surface area contributed by atoms with Gasteiger partial charge in [-0.05, 0) is 19.8 Å². The average Bonchev–Trinajstić information content (AvgIpc) is 2.83. The first-order valence-electron chi connectivity index (χ1n) is 5.61. The first kappa shape index (κ1) is 11.5. The zero-order valence-electron chi connectivity index (χ0n) is 9.40. The number of carbonyl (C=O) groups is 1. The van der Waals surface area contributed by atoms with E-state index >= 15 is 0 Å². The Kier molecular flexibility index (Phi) is 3.56. The summed E-state index contributed by atoms with van der Waals surface area (Å²) in [6.07, 6.45) is 4.95. The second-order valence-corrected chi connectivity index (χ2v) is 5.59. The topological polar surface area (TPSA) is 68.0 Å². The SMILES string of the molecule is Cc1ncc(CNC2CCCC2C(N)=O)s1. The highest BCUT2D eigenvalue weighted by atomic mass is 32.1. The number of primary amides is 1. The van der Waals surface area contributed by atoms with Crippen molar-refractivity contribution in [2.75, 3.05) is 0 Å². The highest BCUT2D eigenvalue weighted by molar-refractivity contribution is 7.11. The van der Waals surface area contributed by atoms with Gasteiger partial charge in [0.25, 0.3) is 0 Å². The standard InChI is InChI=1S/C11H17N3OS/c1-7-13-5-8(16-7)6-14-10-4-2-3-9(10)11(12)15/h5,9-10,14H,2-4,6H2,1H3,(H2,12,15). The molecule has 1 fully saturated rings. The van der Waals surface area contributed by atoms with Crippen LogP contribution >= 0.6 is 11.3 Å². The lowest BCUT2D eigenvalue weighted by Gasteiger charge is -2.17. The third-order valence-electron chi connectivity index (χ3n) is 3.09. The Morgan fingerprint density at radius 2 is 2.50 bits per heavy atom. The van der Waals surface area contributed by atoms with Gasteiger partial charge in [0, 0.05) is 23.7 Å². The molecule has 0 spiro atoms. The van der Waals surface area contributed by atoms with Crippen molar-refractivity contribution in [3.05, 3.63) is 16.1 Å². The Bertz CT molecular complexity index is 377. The van der Waals surface area contributed by atoms with E-state index in [9.17, 15) is 4.79 Å². The fraction of sp³-hybridized carbons (Fsp3) is 0.636. The molecule has 3 N–H and O–H groups in total. The van der Waals surface area contributed by atoms with Crippen LogP contribution in [0.5, 0.6) is 0 Å². The van der Waals surface area contributed by atoms with Gasteiger partial charge in [0.1, 0.15) is 0 Å². The first-order chi connectivity index (χ1) is 7.66. The predicted octanol–water partition coefficient (Wildman–Crippen LogP) is 1.20. The molecule has 1 aliphatic rings. The molecule has 5 heteroatoms. The van der Waals surface area contributed by atoms with Crippen LogP contribution in [0.3, 0.4) is 0 Å². The lowest BCUT2D eigenvalue weighted by atomic mass is 10.0. The zero-order chi connectivity index (χ0) is 11.5. The van der Waals surface area contributed by atoms with Gasteiger partial charge in [-0.1, -0.05) is 6.42 Å². The molecule has 1 aromatic heterocycles. The number of amides is 1. The van der Waals surface area contributed by atoms with E-state index in [1.165, 1.54) is 4.88 Å². The Labute approximate surface area is 99.3 Å². The number of nitrogens with two attached hydrogens (primary N) is 1. The van der Waals surface area contributed by atoms with Crippen LogP contribution in [0.2, 0.25) is 0 Å². The monoisotopic (exact) mass is 239 g/mol. The van der Waals surface area contributed by atoms with Gasteiger partial charge in [-0.2, -0.15) is 0 Å². The summed E-state index contributed by atoms with van der Waals surface area (Å²) >= 11 is 1.69. The molecule has 2 rings (SSSR count). The van der Waals surface area contributed by atoms with Crippen molar-refractivity contribution in [2.45, 2.75) is 38.8 Å². The number of hydrogen-bond donors (Lipinski definition) is 2. The number of aryl methyl sites for hydroxylation is 1. The van der Waals surface area contributed by atoms with E-state index in [1.54, 1.807) is 11.3 Å². The van der Waals surface area contributed by atoms with Crippen molar-refractivity contribution in [1.29, 1.82) is 0 Å². The average molecular weight is 239 g/mol. The van der Waals surface area contributed by atoms with Gasteiger partial charge in [0.15, 0.2) is 0 Å². The smallest absolute Gasteiger partial charge is 0.222 e. The van der Waals surface area contributed by atoms with Gasteiger partial charge >= 0.3 is 0 Å². The van der Waals surface area contributed by atoms with Crippen molar-refractivity contribution in [1.82, 2.24) is 10.3 Å². The maximum Gasteiger partial charge on any atom is 0.222 e. The van der Waals surface area contributed by atoms with Crippen molar-refractivity contribution >= 4 is 17.2 Å². The minimum Gasteiger partial charge on any atom is -0.369 e. The number of aromatic nitrogens is 1. The quantitative estimate of drug-likeness (QED) is 0.829. The maximum absolute atomic E-state index is 11.2. The normalized spacial score (nSPS) is 24.8. The highest BCUT2D eigenvalue weighted by Gasteiger charge is 2.30. The van der Waals surface area contributed by atoms with Crippen LogP contribution in [0.1, 0.15) is 29.1 Å². The van der Waals surface area contributed by atoms with E-state index in [1.807, 2.05) is 13.1 Å². The molecule has 4 nitrogen and oxygen atoms in total. The van der Waals surface area contributed by atoms with Crippen molar-refractivity contribution < 1.29 is 4.79 Å². The lowest BCUT2D eigenvalue weighted by Crippen LogP contribution is -2.38. The molecule has 0 saturated heterocycles. The molecule has 0 bridgehead atoms. The number of rotatable bonds is 4. The maximum atomic E-state index is 11.2. The highest BCUT2D eigenvalue weighted by Crippen LogP contribution is 2.25. The van der Waals surface area contributed by atoms with Crippen LogP contribution in [-0.4, -0.2) is 16.9 Å². The zero-order valence-corrected chi connectivity index (χ0v) is 10.2. The molecule has 16 heavy (non-hydrogen) atoms. The molecule has 0 aliphatic heterocycles. The van der Waals surface area contributed by atoms with E-state index in [4.69, 9.17) is 5.73 Å². The second-order valence-electron chi connectivity index (χ2n) is 4.27. The number of nitrogens with one attached hydrogen (secondary N) is 1. The van der Waals surface area contributed by atoms with E-state index in [0.29, 0.717) is 0 Å². The van der Waals surface area contributed by atoms with Crippen LogP contribution in [0.4, 0.5) is 0 Å². The van der Waals surface area contributed by atoms with Gasteiger partial charge in [-0.25, -0.2) is 4.98 Å². The van der Waals surface area contributed by atoms with Crippen molar-refractivity contribution in [2.24, 2.45) is 11.7 Å². The minimum absolute atomic E-state index is 0.00835. The second kappa shape index (κ2) is 4.93. The third kappa shape index (κ3) is 2.59. The molecule has 2 unspecified atom stereocenters. The summed E-state index contributed by atoms with van der Waals surface area (Å²) in [5, 5.41) is 4.49. The Morgan fingerprint density at radius 3 is 3.12 bits per heavy atom. The molecule has 0 aromatic carbocycles. The van der Waals surface area contributed by atoms with Crippen LogP contribution < -0.4 is 11.1 Å². The van der Waals surface area contributed by atoms with E-state index in [-0.39, 0.29) is 17.9 Å². The van der Waals surface area contributed by atoms with Gasteiger partial charge in [-0.15, -0.1) is 11.3 Å². The summed E-state index contributed by atoms with van der Waals surface area (Å²) < 4.78 is 0. The molecular weight excluding hydrogens is 222 g/mol. The van der Waals surface area contributed by atoms with Gasteiger partial charge < -0.3 is 11.1 Å². The largest absolute Gasteiger partial charge is 0.369 e. The number of hydrogen-bond acceptors (Lipinski definition) is 4. The molecule has 2 atom stereocenters. The molecule has 1 amide bonds. The Balaban J connectivity index is 1.87. The summed E-state index contributed by atoms with van der Waals surface area (Å²) in [7, 11) is 0. The Morgan fingerprint density at radius 1 is 1.69 bits per heavy atom. The molecular formula is C11H17N3OS. The van der Waals surface area contributed by atoms with Crippen LogP contribution in [0.25, 0.3) is 0 Å². The van der Waals surface area contributed by atoms with Crippen LogP contribution in [-0.2, 0) is 11.3 Å². The minimum atomic E-state index is -0.171. The molecule has 1 saturated carbocycles. The lowest BCUT2D eigenvalue weighted by molar-refractivity contribution is -0.122. The summed E-state index contributed by atoms with van der Waals surface area (Å²) in [6.45, 7) is 2.79. The van der Waals surface area contributed by atoms with Crippen LogP contribution in [0, 0.1) is 12.8 Å². The number of nitrogens with zero attached hydrogens (tertiary/aromatic N) is 1. The fourth-order valence-corrected chi connectivity index (χ4v) is 3.01. The molecule has 1 aromatic rings. The van der Waals surface area contributed by atoms with Gasteiger partial charge in [0.05, 0.1) is 10.9 Å². The predicted molar refractivity (Wildman–Crippen MR) is 64.0 cm³/mol. The van der Waals surface area contributed by atoms with E-state index in [2.05, 4.69) is 10.3 Å². The van der Waals surface area contributed by atoms with Crippen molar-refractivity contribution in [3.63, 3.8) is 0 Å². The first-order valence-corrected chi connectivity index (χ1v) is 6.42. The summed E-state index contributed by atoms with van der Waals surface area (Å²) in [6, 6.07) is 0.250. The number of carbonyl (C=O) groups excluding carboxylic acids is 1. The summed E-state index contributed by atoms with van der Waals surface area (Å²) in [5.74, 6) is -0.162. The molecule has 1 aliphatic carbocycles. The summed E-state index contributed by atoms with van der Waals surface area (Å²) in [4.78, 5) is 16.6. The fourth-order valence-electron chi connectivity index (χ4n) is 2.26.